The van der Waals surface area contributed by atoms with Gasteiger partial charge in [-0.25, -0.2) is 4.79 Å². The Morgan fingerprint density at radius 2 is 1.94 bits per heavy atom. The molecule has 1 fully saturated rings. The number of likely N-dealkylation sites (tertiary alicyclic amines) is 1. The van der Waals surface area contributed by atoms with E-state index in [9.17, 15) is 9.59 Å². The van der Waals surface area contributed by atoms with Crippen LogP contribution in [-0.2, 0) is 6.54 Å². The minimum Gasteiger partial charge on any atom is -0.320 e. The molecule has 5 rings (SSSR count). The van der Waals surface area contributed by atoms with Crippen LogP contribution in [0.4, 0.5) is 0 Å². The average molecular weight is 430 g/mol. The van der Waals surface area contributed by atoms with Crippen LogP contribution in [0, 0.1) is 13.8 Å². The standard InChI is InChI=1S/C25H27N5O2/c1-16-8-9-19(17(2)13-16)14-29-12-4-6-20(15-29)24-27-25(32)30(28-24)21-7-3-5-18-10-11-22(31)26-23(18)21/h3,5,7-11,13,20H,4,6,12,14-15H2,1-2H3,(H,26,31)(H,27,28,32). The Morgan fingerprint density at radius 1 is 1.06 bits per heavy atom. The molecule has 1 aliphatic heterocycles. The second kappa shape index (κ2) is 8.24. The molecule has 0 spiro atoms. The van der Waals surface area contributed by atoms with Gasteiger partial charge in [0, 0.05) is 30.5 Å². The number of aromatic nitrogens is 4. The molecule has 7 heteroatoms. The number of hydrogen-bond donors (Lipinski definition) is 2. The fourth-order valence-electron chi connectivity index (χ4n) is 4.71. The van der Waals surface area contributed by atoms with Crippen molar-refractivity contribution in [2.24, 2.45) is 0 Å². The summed E-state index contributed by atoms with van der Waals surface area (Å²) < 4.78 is 1.37. The van der Waals surface area contributed by atoms with Gasteiger partial charge >= 0.3 is 5.69 Å². The van der Waals surface area contributed by atoms with Crippen molar-refractivity contribution in [2.45, 2.75) is 39.2 Å². The number of pyridine rings is 1. The van der Waals surface area contributed by atoms with E-state index in [1.54, 1.807) is 12.1 Å². The molecule has 2 aromatic carbocycles. The first-order valence-corrected chi connectivity index (χ1v) is 11.1. The van der Waals surface area contributed by atoms with Crippen molar-refractivity contribution < 1.29 is 0 Å². The lowest BCUT2D eigenvalue weighted by Gasteiger charge is -2.32. The summed E-state index contributed by atoms with van der Waals surface area (Å²) in [6.45, 7) is 7.08. The average Bonchev–Trinajstić information content (AvgIpc) is 3.17. The van der Waals surface area contributed by atoms with Gasteiger partial charge in [0.2, 0.25) is 5.56 Å². The lowest BCUT2D eigenvalue weighted by molar-refractivity contribution is 0.196. The molecule has 0 radical (unpaired) electrons. The van der Waals surface area contributed by atoms with Crippen molar-refractivity contribution in [3.63, 3.8) is 0 Å². The third-order valence-electron chi connectivity index (χ3n) is 6.38. The maximum atomic E-state index is 12.8. The van der Waals surface area contributed by atoms with Gasteiger partial charge in [0.1, 0.15) is 5.82 Å². The molecular formula is C25H27N5O2. The summed E-state index contributed by atoms with van der Waals surface area (Å²) in [5.74, 6) is 0.869. The molecule has 1 atom stereocenters. The van der Waals surface area contributed by atoms with Gasteiger partial charge in [-0.1, -0.05) is 35.9 Å². The Morgan fingerprint density at radius 3 is 2.78 bits per heavy atom. The molecule has 7 nitrogen and oxygen atoms in total. The van der Waals surface area contributed by atoms with Gasteiger partial charge < -0.3 is 4.98 Å². The second-order valence-corrected chi connectivity index (χ2v) is 8.80. The van der Waals surface area contributed by atoms with Gasteiger partial charge in [0.15, 0.2) is 0 Å². The molecular weight excluding hydrogens is 402 g/mol. The van der Waals surface area contributed by atoms with E-state index in [1.165, 1.54) is 27.4 Å². The van der Waals surface area contributed by atoms with Crippen LogP contribution in [0.5, 0.6) is 0 Å². The first kappa shape index (κ1) is 20.5. The van der Waals surface area contributed by atoms with Crippen LogP contribution in [0.15, 0.2) is 58.1 Å². The normalized spacial score (nSPS) is 17.1. The van der Waals surface area contributed by atoms with E-state index in [4.69, 9.17) is 0 Å². The van der Waals surface area contributed by atoms with Gasteiger partial charge in [-0.2, -0.15) is 4.68 Å². The van der Waals surface area contributed by atoms with E-state index < -0.39 is 0 Å². The van der Waals surface area contributed by atoms with Crippen molar-refractivity contribution in [3.8, 4) is 5.69 Å². The number of H-pyrrole nitrogens is 2. The van der Waals surface area contributed by atoms with Crippen LogP contribution in [0.3, 0.4) is 0 Å². The highest BCUT2D eigenvalue weighted by atomic mass is 16.2. The number of hydrogen-bond acceptors (Lipinski definition) is 4. The van der Waals surface area contributed by atoms with Crippen LogP contribution in [0.25, 0.3) is 16.6 Å². The van der Waals surface area contributed by atoms with Crippen LogP contribution in [0.1, 0.15) is 41.3 Å². The lowest BCUT2D eigenvalue weighted by atomic mass is 9.96. The first-order chi connectivity index (χ1) is 15.5. The number of para-hydroxylation sites is 1. The zero-order chi connectivity index (χ0) is 22.2. The molecule has 3 heterocycles. The van der Waals surface area contributed by atoms with Crippen molar-refractivity contribution >= 4 is 10.9 Å². The maximum Gasteiger partial charge on any atom is 0.348 e. The second-order valence-electron chi connectivity index (χ2n) is 8.80. The fourth-order valence-corrected chi connectivity index (χ4v) is 4.71. The molecule has 0 aliphatic carbocycles. The van der Waals surface area contributed by atoms with Gasteiger partial charge in [-0.15, -0.1) is 5.10 Å². The predicted molar refractivity (Wildman–Crippen MR) is 125 cm³/mol. The molecule has 1 aliphatic rings. The molecule has 1 saturated heterocycles. The Labute approximate surface area is 185 Å². The Hall–Kier alpha value is -3.45. The summed E-state index contributed by atoms with van der Waals surface area (Å²) in [7, 11) is 0. The Bertz CT molecular complexity index is 1400. The number of aryl methyl sites for hydroxylation is 2. The molecule has 0 bridgehead atoms. The number of aromatic amines is 2. The van der Waals surface area contributed by atoms with Crippen LogP contribution in [-0.4, -0.2) is 37.7 Å². The first-order valence-electron chi connectivity index (χ1n) is 11.1. The van der Waals surface area contributed by atoms with Gasteiger partial charge in [-0.3, -0.25) is 14.7 Å². The van der Waals surface area contributed by atoms with Crippen molar-refractivity contribution in [3.05, 3.63) is 91.9 Å². The Balaban J connectivity index is 1.42. The minimum atomic E-state index is -0.288. The number of fused-ring (bicyclic) bond motifs is 1. The van der Waals surface area contributed by atoms with E-state index in [-0.39, 0.29) is 17.2 Å². The number of rotatable bonds is 4. The van der Waals surface area contributed by atoms with E-state index in [0.717, 1.165) is 37.9 Å². The van der Waals surface area contributed by atoms with E-state index in [0.29, 0.717) is 17.0 Å². The van der Waals surface area contributed by atoms with E-state index in [2.05, 4.69) is 52.0 Å². The van der Waals surface area contributed by atoms with Crippen LogP contribution < -0.4 is 11.2 Å². The number of benzene rings is 2. The summed E-state index contributed by atoms with van der Waals surface area (Å²) in [4.78, 5) is 32.9. The predicted octanol–water partition coefficient (Wildman–Crippen LogP) is 3.40. The van der Waals surface area contributed by atoms with Crippen molar-refractivity contribution in [1.82, 2.24) is 24.6 Å². The minimum absolute atomic E-state index is 0.164. The zero-order valence-electron chi connectivity index (χ0n) is 18.4. The molecule has 4 aromatic rings. The third-order valence-corrected chi connectivity index (χ3v) is 6.38. The molecule has 1 unspecified atom stereocenters. The summed E-state index contributed by atoms with van der Waals surface area (Å²) in [5.41, 5.74) is 4.63. The molecule has 164 valence electrons. The molecule has 0 saturated carbocycles. The van der Waals surface area contributed by atoms with Gasteiger partial charge in [0.05, 0.1) is 11.2 Å². The summed E-state index contributed by atoms with van der Waals surface area (Å²) >= 11 is 0. The fraction of sp³-hybridized carbons (Fsp3) is 0.320. The molecule has 32 heavy (non-hydrogen) atoms. The topological polar surface area (TPSA) is 86.8 Å². The highest BCUT2D eigenvalue weighted by Gasteiger charge is 2.25. The number of piperidine rings is 1. The van der Waals surface area contributed by atoms with Crippen molar-refractivity contribution in [1.29, 1.82) is 0 Å². The van der Waals surface area contributed by atoms with Crippen LogP contribution in [0.2, 0.25) is 0 Å². The monoisotopic (exact) mass is 429 g/mol. The smallest absolute Gasteiger partial charge is 0.320 e. The van der Waals surface area contributed by atoms with Crippen LogP contribution >= 0.6 is 0 Å². The van der Waals surface area contributed by atoms with E-state index in [1.807, 2.05) is 12.1 Å². The largest absolute Gasteiger partial charge is 0.348 e. The highest BCUT2D eigenvalue weighted by Crippen LogP contribution is 2.26. The molecule has 2 aromatic heterocycles. The summed E-state index contributed by atoms with van der Waals surface area (Å²) in [6, 6.07) is 15.4. The van der Waals surface area contributed by atoms with Gasteiger partial charge in [0.25, 0.3) is 0 Å². The summed E-state index contributed by atoms with van der Waals surface area (Å²) in [5, 5.41) is 5.51. The molecule has 0 amide bonds. The summed E-state index contributed by atoms with van der Waals surface area (Å²) in [6.07, 6.45) is 2.05. The van der Waals surface area contributed by atoms with Crippen molar-refractivity contribution in [2.75, 3.05) is 13.1 Å². The Kier molecular flexibility index (Phi) is 5.27. The zero-order valence-corrected chi connectivity index (χ0v) is 18.4. The quantitative estimate of drug-likeness (QED) is 0.521. The number of nitrogens with zero attached hydrogens (tertiary/aromatic N) is 3. The SMILES string of the molecule is Cc1ccc(CN2CCCC(c3nn(-c4cccc5ccc(=O)[nH]c45)c(=O)[nH]3)C2)c(C)c1. The maximum absolute atomic E-state index is 12.8. The third kappa shape index (κ3) is 3.91. The van der Waals surface area contributed by atoms with Gasteiger partial charge in [-0.05, 0) is 56.5 Å². The molecule has 2 N–H and O–H groups in total. The van der Waals surface area contributed by atoms with E-state index >= 15 is 0 Å². The highest BCUT2D eigenvalue weighted by molar-refractivity contribution is 5.85. The number of nitrogens with one attached hydrogen (secondary N) is 2. The lowest BCUT2D eigenvalue weighted by Crippen LogP contribution is -2.34.